The number of carbonyl (C=O) groups is 2. The van der Waals surface area contributed by atoms with E-state index in [0.717, 1.165) is 28.3 Å². The van der Waals surface area contributed by atoms with E-state index < -0.39 is 23.7 Å². The second kappa shape index (κ2) is 9.35. The highest BCUT2D eigenvalue weighted by molar-refractivity contribution is 7.19. The number of carbonyl (C=O) groups excluding carboxylic acids is 2. The summed E-state index contributed by atoms with van der Waals surface area (Å²) in [5.74, 6) is -1.39. The summed E-state index contributed by atoms with van der Waals surface area (Å²) in [6.45, 7) is 3.69. The number of nitrogens with zero attached hydrogens (tertiary/aromatic N) is 3. The molecule has 0 radical (unpaired) electrons. The van der Waals surface area contributed by atoms with Crippen molar-refractivity contribution < 1.29 is 27.5 Å². The smallest absolute Gasteiger partial charge is 0.433 e. The molecule has 7 nitrogen and oxygen atoms in total. The highest BCUT2D eigenvalue weighted by Crippen LogP contribution is 2.36. The molecule has 0 saturated carbocycles. The van der Waals surface area contributed by atoms with Crippen LogP contribution >= 0.6 is 34.3 Å². The minimum Gasteiger partial charge on any atom is -0.462 e. The first kappa shape index (κ1) is 24.2. The molecular formula is C21H16ClF3N4O3S2. The maximum atomic E-state index is 13.8. The number of alkyl halides is 3. The van der Waals surface area contributed by atoms with Crippen molar-refractivity contribution in [2.45, 2.75) is 26.4 Å². The van der Waals surface area contributed by atoms with Crippen molar-refractivity contribution in [3.8, 4) is 10.6 Å². The van der Waals surface area contributed by atoms with Crippen molar-refractivity contribution in [2.24, 2.45) is 0 Å². The lowest BCUT2D eigenvalue weighted by Crippen LogP contribution is -2.16. The summed E-state index contributed by atoms with van der Waals surface area (Å²) < 4.78 is 47.3. The van der Waals surface area contributed by atoms with Crippen LogP contribution in [0.3, 0.4) is 0 Å². The fraction of sp³-hybridized carbons (Fsp3) is 0.238. The van der Waals surface area contributed by atoms with Gasteiger partial charge in [0.2, 0.25) is 0 Å². The van der Waals surface area contributed by atoms with Crippen LogP contribution in [0.15, 0.2) is 30.3 Å². The fourth-order valence-corrected chi connectivity index (χ4v) is 5.09. The normalized spacial score (nSPS) is 11.7. The number of nitrogens with one attached hydrogen (secondary N) is 1. The average Bonchev–Trinajstić information content (AvgIpc) is 3.50. The van der Waals surface area contributed by atoms with Gasteiger partial charge in [-0.1, -0.05) is 18.5 Å². The molecule has 0 aliphatic heterocycles. The van der Waals surface area contributed by atoms with Crippen molar-refractivity contribution in [3.63, 3.8) is 0 Å². The van der Waals surface area contributed by atoms with Gasteiger partial charge in [0.05, 0.1) is 27.1 Å². The average molecular weight is 529 g/mol. The van der Waals surface area contributed by atoms with Gasteiger partial charge in [0.25, 0.3) is 5.91 Å². The van der Waals surface area contributed by atoms with Crippen LogP contribution in [0.4, 0.5) is 18.2 Å². The molecule has 0 aliphatic carbocycles. The molecule has 4 aromatic rings. The zero-order valence-electron chi connectivity index (χ0n) is 17.7. The third kappa shape index (κ3) is 4.79. The first-order chi connectivity index (χ1) is 16.1. The standard InChI is InChI=1S/C21H16ClF3N4O3S2/c1-3-10-7-11(20(31)32-4-2)19(33-10)27-18(30)13-9-17-26-12(14-5-6-16(22)34-14)8-15(21(23,24)25)29(17)28-13/h5-9H,3-4H2,1-2H3,(H,27,30). The van der Waals surface area contributed by atoms with Gasteiger partial charge in [0, 0.05) is 10.9 Å². The van der Waals surface area contributed by atoms with Gasteiger partial charge in [-0.2, -0.15) is 18.3 Å². The number of aryl methyl sites for hydroxylation is 1. The molecule has 0 unspecified atom stereocenters. The van der Waals surface area contributed by atoms with Gasteiger partial charge in [-0.25, -0.2) is 14.3 Å². The van der Waals surface area contributed by atoms with Gasteiger partial charge in [-0.05, 0) is 37.6 Å². The number of hydrogen-bond donors (Lipinski definition) is 1. The molecule has 1 N–H and O–H groups in total. The number of thiophene rings is 2. The Kier molecular flexibility index (Phi) is 6.65. The van der Waals surface area contributed by atoms with Crippen LogP contribution in [0.2, 0.25) is 4.34 Å². The van der Waals surface area contributed by atoms with Crippen LogP contribution in [-0.4, -0.2) is 33.1 Å². The highest BCUT2D eigenvalue weighted by Gasteiger charge is 2.36. The van der Waals surface area contributed by atoms with E-state index in [0.29, 0.717) is 20.1 Å². The van der Waals surface area contributed by atoms with Gasteiger partial charge in [-0.15, -0.1) is 22.7 Å². The second-order valence-electron chi connectivity index (χ2n) is 6.91. The predicted octanol–water partition coefficient (Wildman–Crippen LogP) is 6.18. The summed E-state index contributed by atoms with van der Waals surface area (Å²) in [4.78, 5) is 30.6. The van der Waals surface area contributed by atoms with Crippen molar-refractivity contribution in [1.29, 1.82) is 0 Å². The molecule has 1 amide bonds. The Morgan fingerprint density at radius 3 is 2.56 bits per heavy atom. The lowest BCUT2D eigenvalue weighted by Gasteiger charge is -2.10. The molecule has 4 aromatic heterocycles. The third-order valence-corrected chi connectivity index (χ3v) is 7.08. The van der Waals surface area contributed by atoms with Crippen LogP contribution in [0.5, 0.6) is 0 Å². The minimum atomic E-state index is -4.75. The number of ether oxygens (including phenoxy) is 1. The molecule has 34 heavy (non-hydrogen) atoms. The van der Waals surface area contributed by atoms with E-state index in [4.69, 9.17) is 16.3 Å². The number of anilines is 1. The van der Waals surface area contributed by atoms with Gasteiger partial charge in [0.1, 0.15) is 5.00 Å². The molecule has 0 aromatic carbocycles. The Morgan fingerprint density at radius 1 is 1.18 bits per heavy atom. The lowest BCUT2D eigenvalue weighted by molar-refractivity contribution is -0.142. The molecule has 0 spiro atoms. The summed E-state index contributed by atoms with van der Waals surface area (Å²) >= 11 is 8.17. The summed E-state index contributed by atoms with van der Waals surface area (Å²) in [5.41, 5.74) is -1.32. The molecule has 0 atom stereocenters. The van der Waals surface area contributed by atoms with Crippen molar-refractivity contribution in [2.75, 3.05) is 11.9 Å². The molecule has 13 heteroatoms. The van der Waals surface area contributed by atoms with Crippen LogP contribution in [0.25, 0.3) is 16.2 Å². The maximum Gasteiger partial charge on any atom is 0.433 e. The van der Waals surface area contributed by atoms with Crippen LogP contribution in [-0.2, 0) is 17.3 Å². The quantitative estimate of drug-likeness (QED) is 0.302. The number of hydrogen-bond acceptors (Lipinski definition) is 7. The largest absolute Gasteiger partial charge is 0.462 e. The summed E-state index contributed by atoms with van der Waals surface area (Å²) in [7, 11) is 0. The Labute approximate surface area is 204 Å². The number of halogens is 4. The van der Waals surface area contributed by atoms with E-state index in [-0.39, 0.29) is 34.2 Å². The summed E-state index contributed by atoms with van der Waals surface area (Å²) in [5, 5.41) is 6.64. The van der Waals surface area contributed by atoms with Crippen LogP contribution < -0.4 is 5.32 Å². The molecule has 4 heterocycles. The Morgan fingerprint density at radius 2 is 1.94 bits per heavy atom. The number of amides is 1. The molecule has 0 fully saturated rings. The van der Waals surface area contributed by atoms with E-state index >= 15 is 0 Å². The zero-order chi connectivity index (χ0) is 24.6. The topological polar surface area (TPSA) is 85.6 Å². The first-order valence-corrected chi connectivity index (χ1v) is 12.0. The second-order valence-corrected chi connectivity index (χ2v) is 9.76. The summed E-state index contributed by atoms with van der Waals surface area (Å²) in [6.07, 6.45) is -4.13. The van der Waals surface area contributed by atoms with Crippen LogP contribution in [0.1, 0.15) is 45.3 Å². The van der Waals surface area contributed by atoms with E-state index in [2.05, 4.69) is 15.4 Å². The molecule has 4 rings (SSSR count). The fourth-order valence-electron chi connectivity index (χ4n) is 3.10. The monoisotopic (exact) mass is 528 g/mol. The molecule has 0 saturated heterocycles. The number of fused-ring (bicyclic) bond motifs is 1. The third-order valence-electron chi connectivity index (χ3n) is 4.63. The lowest BCUT2D eigenvalue weighted by atomic mass is 10.2. The molecule has 0 aliphatic rings. The van der Waals surface area contributed by atoms with E-state index in [1.165, 1.54) is 11.3 Å². The first-order valence-electron chi connectivity index (χ1n) is 9.95. The highest BCUT2D eigenvalue weighted by atomic mass is 35.5. The van der Waals surface area contributed by atoms with Gasteiger partial charge in [-0.3, -0.25) is 4.79 Å². The number of esters is 1. The minimum absolute atomic E-state index is 0.0547. The maximum absolute atomic E-state index is 13.8. The molecular weight excluding hydrogens is 513 g/mol. The SMILES string of the molecule is CCOC(=O)c1cc(CC)sc1NC(=O)c1cc2nc(-c3ccc(Cl)s3)cc(C(F)(F)F)n2n1. The van der Waals surface area contributed by atoms with Gasteiger partial charge < -0.3 is 10.1 Å². The molecule has 0 bridgehead atoms. The van der Waals surface area contributed by atoms with E-state index in [1.54, 1.807) is 25.1 Å². The Bertz CT molecular complexity index is 1390. The van der Waals surface area contributed by atoms with Crippen LogP contribution in [0, 0.1) is 0 Å². The summed E-state index contributed by atoms with van der Waals surface area (Å²) in [6, 6.07) is 6.75. The van der Waals surface area contributed by atoms with Crippen molar-refractivity contribution in [3.05, 3.63) is 56.5 Å². The zero-order valence-corrected chi connectivity index (χ0v) is 20.1. The van der Waals surface area contributed by atoms with Crippen molar-refractivity contribution >= 4 is 56.8 Å². The number of rotatable bonds is 6. The predicted molar refractivity (Wildman–Crippen MR) is 124 cm³/mol. The van der Waals surface area contributed by atoms with Gasteiger partial charge >= 0.3 is 12.1 Å². The Balaban J connectivity index is 1.74. The van der Waals surface area contributed by atoms with E-state index in [9.17, 15) is 22.8 Å². The molecule has 178 valence electrons. The van der Waals surface area contributed by atoms with E-state index in [1.807, 2.05) is 6.92 Å². The Hall–Kier alpha value is -2.96. The van der Waals surface area contributed by atoms with Gasteiger partial charge in [0.15, 0.2) is 17.0 Å². The van der Waals surface area contributed by atoms with Crippen molar-refractivity contribution in [1.82, 2.24) is 14.6 Å². The number of aromatic nitrogens is 3.